The molecule has 1 aliphatic rings. The predicted molar refractivity (Wildman–Crippen MR) is 71.8 cm³/mol. The topological polar surface area (TPSA) is 46.1 Å². The summed E-state index contributed by atoms with van der Waals surface area (Å²) in [6.07, 6.45) is 4.11. The molecule has 0 radical (unpaired) electrons. The van der Waals surface area contributed by atoms with Crippen LogP contribution in [0.3, 0.4) is 0 Å². The van der Waals surface area contributed by atoms with E-state index in [-0.39, 0.29) is 11.8 Å². The lowest BCUT2D eigenvalue weighted by Gasteiger charge is -2.35. The minimum absolute atomic E-state index is 0.00208. The largest absolute Gasteiger partial charge is 0.346 e. The highest BCUT2D eigenvalue weighted by Gasteiger charge is 2.27. The smallest absolute Gasteiger partial charge is 0.152 e. The Labute approximate surface area is 108 Å². The third-order valence-corrected chi connectivity index (χ3v) is 3.51. The summed E-state index contributed by atoms with van der Waals surface area (Å²) in [5.74, 6) is 1.94. The molecule has 4 nitrogen and oxygen atoms in total. The first-order valence-electron chi connectivity index (χ1n) is 6.73. The monoisotopic (exact) mass is 247 g/mol. The number of nitrogens with zero attached hydrogens (tertiary/aromatic N) is 3. The summed E-state index contributed by atoms with van der Waals surface area (Å²) in [5.41, 5.74) is 1.05. The van der Waals surface area contributed by atoms with E-state index in [0.717, 1.165) is 49.6 Å². The Balaban J connectivity index is 2.33. The van der Waals surface area contributed by atoms with Gasteiger partial charge in [0.15, 0.2) is 5.78 Å². The molecule has 1 aromatic heterocycles. The lowest BCUT2D eigenvalue weighted by atomic mass is 9.99. The number of carbonyl (C=O) groups excluding carboxylic acids is 1. The molecule has 0 N–H and O–H groups in total. The number of aryl methyl sites for hydroxylation is 2. The second-order valence-electron chi connectivity index (χ2n) is 4.93. The van der Waals surface area contributed by atoms with Crippen LogP contribution in [0.25, 0.3) is 0 Å². The molecule has 1 saturated heterocycles. The van der Waals surface area contributed by atoms with Crippen LogP contribution in [0.5, 0.6) is 0 Å². The van der Waals surface area contributed by atoms with E-state index in [1.54, 1.807) is 6.92 Å². The Morgan fingerprint density at radius 2 is 2.22 bits per heavy atom. The van der Waals surface area contributed by atoms with Gasteiger partial charge >= 0.3 is 0 Å². The van der Waals surface area contributed by atoms with E-state index in [1.165, 1.54) is 0 Å². The van der Waals surface area contributed by atoms with E-state index in [2.05, 4.69) is 21.8 Å². The number of hydrogen-bond acceptors (Lipinski definition) is 4. The van der Waals surface area contributed by atoms with Crippen LogP contribution >= 0.6 is 0 Å². The molecule has 4 heteroatoms. The van der Waals surface area contributed by atoms with Crippen molar-refractivity contribution in [3.8, 4) is 0 Å². The van der Waals surface area contributed by atoms with Gasteiger partial charge in [-0.15, -0.1) is 0 Å². The number of rotatable bonds is 3. The second kappa shape index (κ2) is 5.46. The van der Waals surface area contributed by atoms with Crippen molar-refractivity contribution in [2.75, 3.05) is 11.4 Å². The number of carbonyl (C=O) groups is 1. The van der Waals surface area contributed by atoms with Gasteiger partial charge in [-0.3, -0.25) is 4.79 Å². The van der Waals surface area contributed by atoms with Crippen LogP contribution in [0.1, 0.15) is 44.6 Å². The molecule has 1 fully saturated rings. The minimum atomic E-state index is -0.00208. The highest BCUT2D eigenvalue weighted by molar-refractivity contribution is 5.84. The molecule has 1 atom stereocenters. The highest BCUT2D eigenvalue weighted by Crippen LogP contribution is 2.24. The van der Waals surface area contributed by atoms with Crippen molar-refractivity contribution < 1.29 is 4.79 Å². The third-order valence-electron chi connectivity index (χ3n) is 3.51. The van der Waals surface area contributed by atoms with Crippen LogP contribution in [0.15, 0.2) is 6.07 Å². The van der Waals surface area contributed by atoms with Gasteiger partial charge in [-0.1, -0.05) is 6.92 Å². The maximum atomic E-state index is 11.7. The van der Waals surface area contributed by atoms with Crippen molar-refractivity contribution in [3.05, 3.63) is 17.6 Å². The van der Waals surface area contributed by atoms with Crippen LogP contribution in [0.2, 0.25) is 0 Å². The Bertz CT molecular complexity index is 445. The van der Waals surface area contributed by atoms with Crippen LogP contribution in [0.4, 0.5) is 5.82 Å². The zero-order chi connectivity index (χ0) is 13.1. The van der Waals surface area contributed by atoms with Crippen molar-refractivity contribution in [3.63, 3.8) is 0 Å². The lowest BCUT2D eigenvalue weighted by molar-refractivity contribution is -0.118. The van der Waals surface area contributed by atoms with E-state index in [4.69, 9.17) is 0 Å². The van der Waals surface area contributed by atoms with Crippen molar-refractivity contribution in [2.45, 2.75) is 52.5 Å². The van der Waals surface area contributed by atoms with Crippen molar-refractivity contribution in [1.82, 2.24) is 9.97 Å². The molecule has 18 heavy (non-hydrogen) atoms. The first-order valence-corrected chi connectivity index (χ1v) is 6.73. The molecule has 2 rings (SSSR count). The van der Waals surface area contributed by atoms with E-state index >= 15 is 0 Å². The van der Waals surface area contributed by atoms with Gasteiger partial charge in [-0.25, -0.2) is 9.97 Å². The summed E-state index contributed by atoms with van der Waals surface area (Å²) >= 11 is 0. The Morgan fingerprint density at radius 1 is 1.44 bits per heavy atom. The molecule has 0 amide bonds. The van der Waals surface area contributed by atoms with Crippen molar-refractivity contribution in [2.24, 2.45) is 0 Å². The number of piperidine rings is 1. The summed E-state index contributed by atoms with van der Waals surface area (Å²) in [7, 11) is 0. The maximum absolute atomic E-state index is 11.7. The summed E-state index contributed by atoms with van der Waals surface area (Å²) in [4.78, 5) is 22.8. The van der Waals surface area contributed by atoms with Gasteiger partial charge < -0.3 is 4.90 Å². The standard InChI is InChI=1S/C14H21N3O/c1-4-12-9-14(16-11(3)15-12)17-8-6-5-7-13(17)10(2)18/h9,13H,4-8H2,1-3H3. The molecule has 0 aliphatic carbocycles. The fraction of sp³-hybridized carbons (Fsp3) is 0.643. The third kappa shape index (κ3) is 2.68. The molecule has 98 valence electrons. The average Bonchev–Trinajstić information content (AvgIpc) is 2.38. The summed E-state index contributed by atoms with van der Waals surface area (Å²) < 4.78 is 0. The van der Waals surface area contributed by atoms with E-state index in [9.17, 15) is 4.79 Å². The van der Waals surface area contributed by atoms with Crippen LogP contribution in [-0.4, -0.2) is 28.3 Å². The Hall–Kier alpha value is -1.45. The molecule has 1 unspecified atom stereocenters. The number of hydrogen-bond donors (Lipinski definition) is 0. The van der Waals surface area contributed by atoms with Crippen LogP contribution < -0.4 is 4.90 Å². The molecule has 1 aliphatic heterocycles. The maximum Gasteiger partial charge on any atom is 0.152 e. The average molecular weight is 247 g/mol. The lowest BCUT2D eigenvalue weighted by Crippen LogP contribution is -2.44. The van der Waals surface area contributed by atoms with Crippen molar-refractivity contribution >= 4 is 11.6 Å². The number of anilines is 1. The van der Waals surface area contributed by atoms with E-state index < -0.39 is 0 Å². The molecular weight excluding hydrogens is 226 g/mol. The van der Waals surface area contributed by atoms with Crippen molar-refractivity contribution in [1.29, 1.82) is 0 Å². The normalized spacial score (nSPS) is 19.9. The summed E-state index contributed by atoms with van der Waals surface area (Å²) in [6, 6.07) is 2.02. The zero-order valence-corrected chi connectivity index (χ0v) is 11.4. The fourth-order valence-corrected chi connectivity index (χ4v) is 2.57. The quantitative estimate of drug-likeness (QED) is 0.822. The van der Waals surface area contributed by atoms with Gasteiger partial charge in [0, 0.05) is 18.3 Å². The Morgan fingerprint density at radius 3 is 2.89 bits per heavy atom. The zero-order valence-electron chi connectivity index (χ0n) is 11.4. The second-order valence-corrected chi connectivity index (χ2v) is 4.93. The molecule has 0 aromatic carbocycles. The first kappa shape index (κ1) is 13.0. The number of ketones is 1. The summed E-state index contributed by atoms with van der Waals surface area (Å²) in [5, 5.41) is 0. The number of aromatic nitrogens is 2. The number of Topliss-reactive ketones (excluding diaryl/α,β-unsaturated/α-hetero) is 1. The Kier molecular flexibility index (Phi) is 3.94. The first-order chi connectivity index (χ1) is 8.61. The minimum Gasteiger partial charge on any atom is -0.346 e. The molecule has 0 bridgehead atoms. The highest BCUT2D eigenvalue weighted by atomic mass is 16.1. The molecule has 2 heterocycles. The van der Waals surface area contributed by atoms with Gasteiger partial charge in [-0.2, -0.15) is 0 Å². The summed E-state index contributed by atoms with van der Waals surface area (Å²) in [6.45, 7) is 6.60. The van der Waals surface area contributed by atoms with Gasteiger partial charge in [0.1, 0.15) is 11.6 Å². The SMILES string of the molecule is CCc1cc(N2CCCCC2C(C)=O)nc(C)n1. The van der Waals surface area contributed by atoms with Crippen LogP contribution in [0, 0.1) is 6.92 Å². The van der Waals surface area contributed by atoms with Gasteiger partial charge in [0.05, 0.1) is 6.04 Å². The van der Waals surface area contributed by atoms with Gasteiger partial charge in [-0.05, 0) is 39.5 Å². The molecule has 0 spiro atoms. The molecular formula is C14H21N3O. The fourth-order valence-electron chi connectivity index (χ4n) is 2.57. The van der Waals surface area contributed by atoms with E-state index in [0.29, 0.717) is 0 Å². The van der Waals surface area contributed by atoms with E-state index in [1.807, 2.05) is 13.0 Å². The van der Waals surface area contributed by atoms with Gasteiger partial charge in [0.2, 0.25) is 0 Å². The molecule has 1 aromatic rings. The molecule has 0 saturated carbocycles. The predicted octanol–water partition coefficient (Wildman–Crippen LogP) is 2.30. The van der Waals surface area contributed by atoms with Crippen LogP contribution in [-0.2, 0) is 11.2 Å². The van der Waals surface area contributed by atoms with Gasteiger partial charge in [0.25, 0.3) is 0 Å².